The normalized spacial score (nSPS) is 10.1. The predicted molar refractivity (Wildman–Crippen MR) is 75.8 cm³/mol. The van der Waals surface area contributed by atoms with Crippen molar-refractivity contribution in [3.63, 3.8) is 0 Å². The summed E-state index contributed by atoms with van der Waals surface area (Å²) in [6.07, 6.45) is 4.05. The molecule has 5 nitrogen and oxygen atoms in total. The van der Waals surface area contributed by atoms with Gasteiger partial charge in [0.15, 0.2) is 0 Å². The van der Waals surface area contributed by atoms with Gasteiger partial charge in [-0.15, -0.1) is 0 Å². The molecule has 1 heterocycles. The monoisotopic (exact) mass is 271 g/mol. The van der Waals surface area contributed by atoms with Crippen LogP contribution in [-0.4, -0.2) is 29.8 Å². The predicted octanol–water partition coefficient (Wildman–Crippen LogP) is 1.77. The quantitative estimate of drug-likeness (QED) is 0.900. The second-order valence-electron chi connectivity index (χ2n) is 4.46. The van der Waals surface area contributed by atoms with Gasteiger partial charge in [0.05, 0.1) is 18.9 Å². The number of rotatable bonds is 5. The Morgan fingerprint density at radius 2 is 2.15 bits per heavy atom. The molecular formula is C15H17N3O2. The van der Waals surface area contributed by atoms with Gasteiger partial charge in [0, 0.05) is 12.7 Å². The number of methoxy groups -OCH3 is 1. The number of carbonyl (C=O) groups is 1. The Hall–Kier alpha value is -2.43. The van der Waals surface area contributed by atoms with Gasteiger partial charge in [-0.1, -0.05) is 11.6 Å². The second-order valence-corrected chi connectivity index (χ2v) is 4.46. The zero-order valence-corrected chi connectivity index (χ0v) is 11.6. The first-order valence-corrected chi connectivity index (χ1v) is 6.39. The molecule has 0 spiro atoms. The molecule has 1 N–H and O–H groups in total. The van der Waals surface area contributed by atoms with E-state index in [0.29, 0.717) is 17.9 Å². The van der Waals surface area contributed by atoms with Gasteiger partial charge < -0.3 is 10.1 Å². The van der Waals surface area contributed by atoms with E-state index in [2.05, 4.69) is 15.5 Å². The third kappa shape index (κ3) is 3.54. The van der Waals surface area contributed by atoms with Gasteiger partial charge >= 0.3 is 0 Å². The molecule has 2 aromatic rings. The maximum Gasteiger partial charge on any atom is 0.255 e. The number of amides is 1. The van der Waals surface area contributed by atoms with Crippen molar-refractivity contribution < 1.29 is 9.53 Å². The maximum absolute atomic E-state index is 12.1. The van der Waals surface area contributed by atoms with E-state index in [-0.39, 0.29) is 5.91 Å². The Kier molecular flexibility index (Phi) is 4.65. The second kappa shape index (κ2) is 6.65. The van der Waals surface area contributed by atoms with E-state index >= 15 is 0 Å². The van der Waals surface area contributed by atoms with Crippen molar-refractivity contribution in [3.05, 3.63) is 53.3 Å². The lowest BCUT2D eigenvalue weighted by molar-refractivity contribution is 0.0951. The fraction of sp³-hybridized carbons (Fsp3) is 0.267. The molecule has 1 aromatic carbocycles. The summed E-state index contributed by atoms with van der Waals surface area (Å²) in [5.41, 5.74) is 2.62. The Morgan fingerprint density at radius 1 is 1.30 bits per heavy atom. The molecule has 0 radical (unpaired) electrons. The van der Waals surface area contributed by atoms with Crippen LogP contribution in [0.1, 0.15) is 21.5 Å². The van der Waals surface area contributed by atoms with Crippen LogP contribution in [0.2, 0.25) is 0 Å². The van der Waals surface area contributed by atoms with E-state index in [1.807, 2.05) is 25.1 Å². The Balaban J connectivity index is 1.97. The number of ether oxygens (including phenoxy) is 1. The minimum Gasteiger partial charge on any atom is -0.496 e. The van der Waals surface area contributed by atoms with Crippen molar-refractivity contribution in [3.8, 4) is 5.75 Å². The number of aryl methyl sites for hydroxylation is 1. The van der Waals surface area contributed by atoms with Crippen LogP contribution in [0.3, 0.4) is 0 Å². The van der Waals surface area contributed by atoms with Crippen LogP contribution in [0.25, 0.3) is 0 Å². The maximum atomic E-state index is 12.1. The molecule has 0 aliphatic rings. The van der Waals surface area contributed by atoms with Gasteiger partial charge in [-0.2, -0.15) is 10.2 Å². The number of carbonyl (C=O) groups excluding carboxylic acids is 1. The van der Waals surface area contributed by atoms with Crippen molar-refractivity contribution in [2.75, 3.05) is 13.7 Å². The molecule has 2 rings (SSSR count). The van der Waals surface area contributed by atoms with Crippen molar-refractivity contribution in [2.24, 2.45) is 0 Å². The van der Waals surface area contributed by atoms with E-state index < -0.39 is 0 Å². The van der Waals surface area contributed by atoms with Crippen LogP contribution in [0, 0.1) is 6.92 Å². The minimum absolute atomic E-state index is 0.132. The van der Waals surface area contributed by atoms with Crippen molar-refractivity contribution >= 4 is 5.91 Å². The number of hydrogen-bond donors (Lipinski definition) is 1. The molecule has 0 saturated carbocycles. The molecular weight excluding hydrogens is 254 g/mol. The van der Waals surface area contributed by atoms with Gasteiger partial charge in [0.2, 0.25) is 0 Å². The first-order chi connectivity index (χ1) is 9.70. The van der Waals surface area contributed by atoms with Gasteiger partial charge in [-0.25, -0.2) is 0 Å². The average Bonchev–Trinajstić information content (AvgIpc) is 2.48. The molecule has 0 aliphatic carbocycles. The van der Waals surface area contributed by atoms with Crippen LogP contribution >= 0.6 is 0 Å². The molecule has 20 heavy (non-hydrogen) atoms. The molecule has 0 saturated heterocycles. The Bertz CT molecular complexity index is 585. The third-order valence-corrected chi connectivity index (χ3v) is 2.94. The number of benzene rings is 1. The molecule has 0 unspecified atom stereocenters. The SMILES string of the molecule is COc1ccc(C)cc1C(=O)NCCc1ccnnc1. The Labute approximate surface area is 118 Å². The first kappa shape index (κ1) is 14.0. The fourth-order valence-corrected chi connectivity index (χ4v) is 1.88. The molecule has 0 aliphatic heterocycles. The van der Waals surface area contributed by atoms with Crippen LogP contribution in [0.5, 0.6) is 5.75 Å². The van der Waals surface area contributed by atoms with Gasteiger partial charge in [-0.05, 0) is 37.1 Å². The first-order valence-electron chi connectivity index (χ1n) is 6.39. The zero-order valence-electron chi connectivity index (χ0n) is 11.6. The highest BCUT2D eigenvalue weighted by Gasteiger charge is 2.11. The van der Waals surface area contributed by atoms with Gasteiger partial charge in [-0.3, -0.25) is 4.79 Å². The molecule has 0 bridgehead atoms. The molecule has 1 amide bonds. The summed E-state index contributed by atoms with van der Waals surface area (Å²) in [5, 5.41) is 10.4. The summed E-state index contributed by atoms with van der Waals surface area (Å²) in [7, 11) is 1.56. The van der Waals surface area contributed by atoms with Crippen LogP contribution in [0.4, 0.5) is 0 Å². The van der Waals surface area contributed by atoms with Crippen LogP contribution < -0.4 is 10.1 Å². The van der Waals surface area contributed by atoms with Gasteiger partial charge in [0.1, 0.15) is 5.75 Å². The minimum atomic E-state index is -0.132. The zero-order chi connectivity index (χ0) is 14.4. The summed E-state index contributed by atoms with van der Waals surface area (Å²) < 4.78 is 5.21. The number of nitrogens with one attached hydrogen (secondary N) is 1. The topological polar surface area (TPSA) is 64.1 Å². The van der Waals surface area contributed by atoms with Crippen molar-refractivity contribution in [2.45, 2.75) is 13.3 Å². The van der Waals surface area contributed by atoms with E-state index in [9.17, 15) is 4.79 Å². The lowest BCUT2D eigenvalue weighted by Crippen LogP contribution is -2.26. The highest BCUT2D eigenvalue weighted by atomic mass is 16.5. The lowest BCUT2D eigenvalue weighted by atomic mass is 10.1. The molecule has 1 aromatic heterocycles. The average molecular weight is 271 g/mol. The van der Waals surface area contributed by atoms with E-state index in [4.69, 9.17) is 4.74 Å². The molecule has 104 valence electrons. The van der Waals surface area contributed by atoms with Gasteiger partial charge in [0.25, 0.3) is 5.91 Å². The lowest BCUT2D eigenvalue weighted by Gasteiger charge is -2.10. The van der Waals surface area contributed by atoms with Crippen molar-refractivity contribution in [1.29, 1.82) is 0 Å². The van der Waals surface area contributed by atoms with E-state index in [1.54, 1.807) is 25.6 Å². The molecule has 5 heteroatoms. The summed E-state index contributed by atoms with van der Waals surface area (Å²) in [5.74, 6) is 0.450. The summed E-state index contributed by atoms with van der Waals surface area (Å²) in [6, 6.07) is 7.42. The smallest absolute Gasteiger partial charge is 0.255 e. The largest absolute Gasteiger partial charge is 0.496 e. The van der Waals surface area contributed by atoms with Crippen LogP contribution in [-0.2, 0) is 6.42 Å². The Morgan fingerprint density at radius 3 is 2.85 bits per heavy atom. The fourth-order valence-electron chi connectivity index (χ4n) is 1.88. The standard InChI is InChI=1S/C15H17N3O2/c1-11-3-4-14(20-2)13(9-11)15(19)16-7-5-12-6-8-17-18-10-12/h3-4,6,8-10H,5,7H2,1-2H3,(H,16,19). The summed E-state index contributed by atoms with van der Waals surface area (Å²) >= 11 is 0. The number of aromatic nitrogens is 2. The number of nitrogens with zero attached hydrogens (tertiary/aromatic N) is 2. The van der Waals surface area contributed by atoms with E-state index in [0.717, 1.165) is 17.5 Å². The highest BCUT2D eigenvalue weighted by Crippen LogP contribution is 2.19. The highest BCUT2D eigenvalue weighted by molar-refractivity contribution is 5.97. The molecule has 0 atom stereocenters. The summed E-state index contributed by atoms with van der Waals surface area (Å²) in [6.45, 7) is 2.49. The number of hydrogen-bond acceptors (Lipinski definition) is 4. The molecule has 0 fully saturated rings. The third-order valence-electron chi connectivity index (χ3n) is 2.94. The van der Waals surface area contributed by atoms with Crippen molar-refractivity contribution in [1.82, 2.24) is 15.5 Å². The van der Waals surface area contributed by atoms with Crippen LogP contribution in [0.15, 0.2) is 36.7 Å². The summed E-state index contributed by atoms with van der Waals surface area (Å²) in [4.78, 5) is 12.1. The van der Waals surface area contributed by atoms with E-state index in [1.165, 1.54) is 0 Å².